The summed E-state index contributed by atoms with van der Waals surface area (Å²) in [5.74, 6) is 1.70. The summed E-state index contributed by atoms with van der Waals surface area (Å²) < 4.78 is 6.91. The molecule has 0 N–H and O–H groups in total. The van der Waals surface area contributed by atoms with E-state index in [1.165, 1.54) is 55.3 Å². The van der Waals surface area contributed by atoms with Gasteiger partial charge in [-0.1, -0.05) is 141 Å². The largest absolute Gasteiger partial charge is 0.456 e. The molecule has 0 bridgehead atoms. The van der Waals surface area contributed by atoms with E-state index in [9.17, 15) is 0 Å². The molecule has 1 aliphatic heterocycles. The number of benzene rings is 8. The number of anilines is 3. The van der Waals surface area contributed by atoms with E-state index in [-0.39, 0.29) is 5.41 Å². The highest BCUT2D eigenvalue weighted by Crippen LogP contribution is 2.53. The van der Waals surface area contributed by atoms with Gasteiger partial charge < -0.3 is 9.64 Å². The molecule has 0 saturated carbocycles. The first-order valence-corrected chi connectivity index (χ1v) is 17.7. The van der Waals surface area contributed by atoms with Crippen LogP contribution in [-0.2, 0) is 5.41 Å². The fourth-order valence-corrected chi connectivity index (χ4v) is 8.37. The molecular formula is C49H35NO. The smallest absolute Gasteiger partial charge is 0.137 e. The third-order valence-corrected chi connectivity index (χ3v) is 10.9. The number of ether oxygens (including phenoxy) is 1. The quantitative estimate of drug-likeness (QED) is 0.187. The Balaban J connectivity index is 1.20. The molecule has 0 atom stereocenters. The first kappa shape index (κ1) is 29.5. The lowest BCUT2D eigenvalue weighted by Crippen LogP contribution is -2.15. The molecule has 1 heterocycles. The van der Waals surface area contributed by atoms with Gasteiger partial charge in [0.1, 0.15) is 11.5 Å². The van der Waals surface area contributed by atoms with Crippen LogP contribution < -0.4 is 9.64 Å². The Morgan fingerprint density at radius 3 is 1.98 bits per heavy atom. The van der Waals surface area contributed by atoms with Crippen molar-refractivity contribution in [3.63, 3.8) is 0 Å². The normalized spacial score (nSPS) is 13.2. The van der Waals surface area contributed by atoms with E-state index in [0.717, 1.165) is 39.7 Å². The Bertz CT molecular complexity index is 2650. The average molecular weight is 654 g/mol. The second-order valence-electron chi connectivity index (χ2n) is 14.1. The molecule has 0 aromatic heterocycles. The van der Waals surface area contributed by atoms with E-state index in [1.807, 2.05) is 0 Å². The zero-order valence-electron chi connectivity index (χ0n) is 28.6. The first-order chi connectivity index (χ1) is 25.0. The highest BCUT2D eigenvalue weighted by molar-refractivity contribution is 6.07. The standard InChI is InChI=1S/C49H35NO/c1-49(2)44-21-10-8-19-39(44)43-30-36(25-28-45(43)49)50(35-17-12-16-34(29-35)32-13-4-3-5-14-32)37-24-27-42-47(31-37)51-46-22-11-9-20-40(46)41-26-23-33-15-6-7-18-38(33)48(41)42/h3-31H,1-2H3. The van der Waals surface area contributed by atoms with Gasteiger partial charge in [-0.15, -0.1) is 0 Å². The molecule has 0 spiro atoms. The van der Waals surface area contributed by atoms with Crippen LogP contribution in [0.5, 0.6) is 11.5 Å². The van der Waals surface area contributed by atoms with Crippen molar-refractivity contribution in [3.05, 3.63) is 187 Å². The van der Waals surface area contributed by atoms with Crippen molar-refractivity contribution in [2.45, 2.75) is 19.3 Å². The molecule has 0 saturated heterocycles. The number of hydrogen-bond donors (Lipinski definition) is 0. The predicted octanol–water partition coefficient (Wildman–Crippen LogP) is 13.7. The molecule has 0 fully saturated rings. The highest BCUT2D eigenvalue weighted by atomic mass is 16.5. The van der Waals surface area contributed by atoms with Gasteiger partial charge >= 0.3 is 0 Å². The third kappa shape index (κ3) is 4.64. The van der Waals surface area contributed by atoms with Gasteiger partial charge in [0.25, 0.3) is 0 Å². The molecule has 2 nitrogen and oxygen atoms in total. The van der Waals surface area contributed by atoms with Crippen molar-refractivity contribution in [2.24, 2.45) is 0 Å². The minimum Gasteiger partial charge on any atom is -0.456 e. The summed E-state index contributed by atoms with van der Waals surface area (Å²) in [4.78, 5) is 2.38. The summed E-state index contributed by atoms with van der Waals surface area (Å²) in [6.07, 6.45) is 0. The minimum absolute atomic E-state index is 0.0655. The monoisotopic (exact) mass is 653 g/mol. The molecular weight excluding hydrogens is 619 g/mol. The van der Waals surface area contributed by atoms with E-state index < -0.39 is 0 Å². The fraction of sp³-hybridized carbons (Fsp3) is 0.0612. The van der Waals surface area contributed by atoms with Crippen LogP contribution in [0.25, 0.3) is 55.3 Å². The minimum atomic E-state index is -0.0655. The lowest BCUT2D eigenvalue weighted by molar-refractivity contribution is 0.488. The molecule has 10 rings (SSSR count). The Labute approximate surface area is 298 Å². The number of para-hydroxylation sites is 1. The molecule has 0 unspecified atom stereocenters. The van der Waals surface area contributed by atoms with Crippen molar-refractivity contribution >= 4 is 27.8 Å². The van der Waals surface area contributed by atoms with Crippen molar-refractivity contribution < 1.29 is 4.74 Å². The molecule has 0 radical (unpaired) electrons. The molecule has 51 heavy (non-hydrogen) atoms. The zero-order valence-corrected chi connectivity index (χ0v) is 28.6. The summed E-state index contributed by atoms with van der Waals surface area (Å²) >= 11 is 0. The van der Waals surface area contributed by atoms with Crippen molar-refractivity contribution in [2.75, 3.05) is 4.90 Å². The van der Waals surface area contributed by atoms with Gasteiger partial charge in [0, 0.05) is 45.2 Å². The molecule has 1 aliphatic carbocycles. The van der Waals surface area contributed by atoms with E-state index >= 15 is 0 Å². The Morgan fingerprint density at radius 1 is 0.412 bits per heavy atom. The Hall–Kier alpha value is -6.38. The second-order valence-corrected chi connectivity index (χ2v) is 14.1. The predicted molar refractivity (Wildman–Crippen MR) is 213 cm³/mol. The van der Waals surface area contributed by atoms with Crippen molar-refractivity contribution in [1.29, 1.82) is 0 Å². The maximum absolute atomic E-state index is 6.91. The van der Waals surface area contributed by atoms with Crippen molar-refractivity contribution in [1.82, 2.24) is 0 Å². The van der Waals surface area contributed by atoms with Gasteiger partial charge in [0.05, 0.1) is 0 Å². The van der Waals surface area contributed by atoms with Gasteiger partial charge in [-0.3, -0.25) is 0 Å². The SMILES string of the molecule is CC1(C)c2ccccc2-c2cc(N(c3cccc(-c4ccccc4)c3)c3ccc4c(c3)Oc3ccccc3-c3ccc5ccccc5c3-4)ccc21. The van der Waals surface area contributed by atoms with Crippen LogP contribution in [0.15, 0.2) is 176 Å². The molecule has 242 valence electrons. The van der Waals surface area contributed by atoms with Gasteiger partial charge in [0.15, 0.2) is 0 Å². The lowest BCUT2D eigenvalue weighted by atomic mass is 9.82. The average Bonchev–Trinajstić information content (AvgIpc) is 3.31. The number of nitrogens with zero attached hydrogens (tertiary/aromatic N) is 1. The maximum atomic E-state index is 6.91. The highest BCUT2D eigenvalue weighted by Gasteiger charge is 2.35. The maximum Gasteiger partial charge on any atom is 0.137 e. The van der Waals surface area contributed by atoms with Crippen LogP contribution in [0.3, 0.4) is 0 Å². The third-order valence-electron chi connectivity index (χ3n) is 10.9. The Morgan fingerprint density at radius 2 is 1.08 bits per heavy atom. The van der Waals surface area contributed by atoms with Gasteiger partial charge in [-0.2, -0.15) is 0 Å². The van der Waals surface area contributed by atoms with Gasteiger partial charge in [-0.25, -0.2) is 0 Å². The zero-order chi connectivity index (χ0) is 34.1. The number of hydrogen-bond acceptors (Lipinski definition) is 2. The van der Waals surface area contributed by atoms with Gasteiger partial charge in [0.2, 0.25) is 0 Å². The Kier molecular flexibility index (Phi) is 6.56. The van der Waals surface area contributed by atoms with Crippen LogP contribution in [0.1, 0.15) is 25.0 Å². The summed E-state index contributed by atoms with van der Waals surface area (Å²) in [6, 6.07) is 63.6. The lowest BCUT2D eigenvalue weighted by Gasteiger charge is -2.28. The number of fused-ring (bicyclic) bond motifs is 10. The van der Waals surface area contributed by atoms with Crippen molar-refractivity contribution in [3.8, 4) is 56.0 Å². The molecule has 0 amide bonds. The molecule has 8 aromatic rings. The van der Waals surface area contributed by atoms with Crippen LogP contribution >= 0.6 is 0 Å². The second kappa shape index (κ2) is 11.3. The number of rotatable bonds is 4. The topological polar surface area (TPSA) is 12.5 Å². The van der Waals surface area contributed by atoms with E-state index in [2.05, 4.69) is 195 Å². The fourth-order valence-electron chi connectivity index (χ4n) is 8.37. The van der Waals surface area contributed by atoms with Gasteiger partial charge in [-0.05, 0) is 92.2 Å². The molecule has 2 aliphatic rings. The summed E-state index contributed by atoms with van der Waals surface area (Å²) in [7, 11) is 0. The molecule has 2 heteroatoms. The van der Waals surface area contributed by atoms with Crippen LogP contribution in [0, 0.1) is 0 Å². The summed E-state index contributed by atoms with van der Waals surface area (Å²) in [5, 5.41) is 2.43. The first-order valence-electron chi connectivity index (χ1n) is 17.7. The molecule has 8 aromatic carbocycles. The van der Waals surface area contributed by atoms with Crippen LogP contribution in [-0.4, -0.2) is 0 Å². The van der Waals surface area contributed by atoms with E-state index in [4.69, 9.17) is 4.74 Å². The van der Waals surface area contributed by atoms with E-state index in [1.54, 1.807) is 0 Å². The van der Waals surface area contributed by atoms with E-state index in [0.29, 0.717) is 0 Å². The summed E-state index contributed by atoms with van der Waals surface area (Å²) in [6.45, 7) is 4.67. The van der Waals surface area contributed by atoms with Crippen LogP contribution in [0.4, 0.5) is 17.1 Å². The summed E-state index contributed by atoms with van der Waals surface area (Å²) in [5.41, 5.74) is 15.4. The van der Waals surface area contributed by atoms with Crippen LogP contribution in [0.2, 0.25) is 0 Å².